The molecular formula is C7H13O5P. The lowest BCUT2D eigenvalue weighted by atomic mass is 10.4. The van der Waals surface area contributed by atoms with Gasteiger partial charge in [-0.3, -0.25) is 9.36 Å². The number of esters is 1. The molecule has 0 saturated heterocycles. The molecule has 0 aromatic heterocycles. The van der Waals surface area contributed by atoms with Crippen molar-refractivity contribution in [1.82, 2.24) is 0 Å². The van der Waals surface area contributed by atoms with E-state index >= 15 is 0 Å². The second-order valence-corrected chi connectivity index (χ2v) is 4.54. The second-order valence-electron chi connectivity index (χ2n) is 2.18. The quantitative estimate of drug-likeness (QED) is 0.506. The number of methoxy groups -OCH3 is 1. The minimum absolute atomic E-state index is 0.0874. The van der Waals surface area contributed by atoms with Gasteiger partial charge >= 0.3 is 13.6 Å². The van der Waals surface area contributed by atoms with E-state index < -0.39 is 13.6 Å². The van der Waals surface area contributed by atoms with Crippen molar-refractivity contribution in [2.45, 2.75) is 6.42 Å². The maximum Gasteiger partial charge on any atom is 0.356 e. The van der Waals surface area contributed by atoms with Crippen LogP contribution in [0.15, 0.2) is 11.9 Å². The number of hydrogen-bond donors (Lipinski definition) is 0. The van der Waals surface area contributed by atoms with E-state index in [0.29, 0.717) is 0 Å². The maximum atomic E-state index is 11.6. The minimum Gasteiger partial charge on any atom is -0.469 e. The molecule has 0 rings (SSSR count). The van der Waals surface area contributed by atoms with Crippen molar-refractivity contribution in [2.75, 3.05) is 21.3 Å². The largest absolute Gasteiger partial charge is 0.469 e. The van der Waals surface area contributed by atoms with Crippen molar-refractivity contribution in [1.29, 1.82) is 0 Å². The van der Waals surface area contributed by atoms with E-state index in [1.54, 1.807) is 0 Å². The lowest BCUT2D eigenvalue weighted by Gasteiger charge is -2.14. The highest BCUT2D eigenvalue weighted by molar-refractivity contribution is 7.58. The van der Waals surface area contributed by atoms with Crippen molar-refractivity contribution in [2.24, 2.45) is 0 Å². The average molecular weight is 208 g/mol. The molecular weight excluding hydrogens is 195 g/mol. The molecule has 6 heteroatoms. The van der Waals surface area contributed by atoms with E-state index in [1.807, 2.05) is 0 Å². The average Bonchev–Trinajstić information content (AvgIpc) is 2.16. The van der Waals surface area contributed by atoms with Crippen LogP contribution in [0.25, 0.3) is 0 Å². The van der Waals surface area contributed by atoms with E-state index in [-0.39, 0.29) is 11.7 Å². The molecule has 0 atom stereocenters. The van der Waals surface area contributed by atoms with Gasteiger partial charge in [0.2, 0.25) is 0 Å². The summed E-state index contributed by atoms with van der Waals surface area (Å²) in [7, 11) is 0.360. The molecule has 0 saturated carbocycles. The summed E-state index contributed by atoms with van der Waals surface area (Å²) in [4.78, 5) is 10.8. The van der Waals surface area contributed by atoms with Crippen LogP contribution in [-0.2, 0) is 23.1 Å². The highest BCUT2D eigenvalue weighted by Crippen LogP contribution is 2.55. The van der Waals surface area contributed by atoms with Crippen LogP contribution in [0.5, 0.6) is 0 Å². The van der Waals surface area contributed by atoms with Crippen LogP contribution >= 0.6 is 7.60 Å². The van der Waals surface area contributed by atoms with Crippen LogP contribution in [-0.4, -0.2) is 27.3 Å². The summed E-state index contributed by atoms with van der Waals surface area (Å²) < 4.78 is 25.2. The molecule has 0 N–H and O–H groups in total. The molecule has 0 aliphatic heterocycles. The Morgan fingerprint density at radius 1 is 1.31 bits per heavy atom. The highest BCUT2D eigenvalue weighted by atomic mass is 31.2. The topological polar surface area (TPSA) is 61.8 Å². The summed E-state index contributed by atoms with van der Waals surface area (Å²) in [5.41, 5.74) is 0. The van der Waals surface area contributed by atoms with E-state index in [9.17, 15) is 9.36 Å². The van der Waals surface area contributed by atoms with Crippen LogP contribution in [0.1, 0.15) is 6.42 Å². The Kier molecular flexibility index (Phi) is 4.91. The van der Waals surface area contributed by atoms with Gasteiger partial charge in [0, 0.05) is 19.5 Å². The van der Waals surface area contributed by atoms with E-state index in [2.05, 4.69) is 20.4 Å². The predicted molar refractivity (Wildman–Crippen MR) is 47.4 cm³/mol. The molecule has 0 aromatic carbocycles. The molecule has 0 bridgehead atoms. The molecule has 0 aliphatic carbocycles. The smallest absolute Gasteiger partial charge is 0.356 e. The van der Waals surface area contributed by atoms with Gasteiger partial charge in [-0.1, -0.05) is 6.58 Å². The Hall–Kier alpha value is -0.640. The molecule has 0 unspecified atom stereocenters. The van der Waals surface area contributed by atoms with Gasteiger partial charge in [-0.25, -0.2) is 0 Å². The van der Waals surface area contributed by atoms with Crippen molar-refractivity contribution < 1.29 is 23.1 Å². The van der Waals surface area contributed by atoms with Crippen LogP contribution in [0, 0.1) is 0 Å². The third kappa shape index (κ3) is 3.30. The predicted octanol–water partition coefficient (Wildman–Crippen LogP) is 1.55. The van der Waals surface area contributed by atoms with Gasteiger partial charge < -0.3 is 13.8 Å². The van der Waals surface area contributed by atoms with E-state index in [4.69, 9.17) is 0 Å². The first-order valence-corrected chi connectivity index (χ1v) is 5.01. The van der Waals surface area contributed by atoms with Gasteiger partial charge in [0.1, 0.15) is 0 Å². The molecule has 0 aromatic rings. The second kappa shape index (κ2) is 5.17. The van der Waals surface area contributed by atoms with Gasteiger partial charge in [0.05, 0.1) is 13.5 Å². The molecule has 76 valence electrons. The maximum absolute atomic E-state index is 11.6. The van der Waals surface area contributed by atoms with Crippen molar-refractivity contribution >= 4 is 13.6 Å². The zero-order valence-electron chi connectivity index (χ0n) is 7.90. The number of carbonyl (C=O) groups excluding carboxylic acids is 1. The van der Waals surface area contributed by atoms with Crippen LogP contribution in [0.2, 0.25) is 0 Å². The molecule has 13 heavy (non-hydrogen) atoms. The molecule has 0 aliphatic rings. The molecule has 0 radical (unpaired) electrons. The molecule has 0 amide bonds. The Balaban J connectivity index is 4.41. The zero-order valence-corrected chi connectivity index (χ0v) is 8.80. The summed E-state index contributed by atoms with van der Waals surface area (Å²) in [5, 5.41) is 0.0874. The van der Waals surface area contributed by atoms with E-state index in [0.717, 1.165) is 0 Å². The van der Waals surface area contributed by atoms with Gasteiger partial charge in [-0.05, 0) is 0 Å². The molecule has 0 fully saturated rings. The van der Waals surface area contributed by atoms with Gasteiger partial charge in [0.15, 0.2) is 0 Å². The summed E-state index contributed by atoms with van der Waals surface area (Å²) in [6, 6.07) is 0. The van der Waals surface area contributed by atoms with Crippen LogP contribution in [0.4, 0.5) is 0 Å². The van der Waals surface area contributed by atoms with Gasteiger partial charge in [0.25, 0.3) is 0 Å². The summed E-state index contributed by atoms with van der Waals surface area (Å²) >= 11 is 0. The lowest BCUT2D eigenvalue weighted by molar-refractivity contribution is -0.139. The number of carbonyl (C=O) groups is 1. The van der Waals surface area contributed by atoms with Gasteiger partial charge in [-0.15, -0.1) is 0 Å². The molecule has 5 nitrogen and oxygen atoms in total. The number of rotatable bonds is 5. The Morgan fingerprint density at radius 3 is 2.08 bits per heavy atom. The first-order valence-electron chi connectivity index (χ1n) is 3.46. The summed E-state index contributed by atoms with van der Waals surface area (Å²) in [5.74, 6) is -0.528. The van der Waals surface area contributed by atoms with Gasteiger partial charge in [-0.2, -0.15) is 0 Å². The number of ether oxygens (including phenoxy) is 1. The Bertz CT molecular complexity index is 239. The summed E-state index contributed by atoms with van der Waals surface area (Å²) in [6.07, 6.45) is -0.171. The van der Waals surface area contributed by atoms with Crippen molar-refractivity contribution in [3.8, 4) is 0 Å². The summed E-state index contributed by atoms with van der Waals surface area (Å²) in [6.45, 7) is 3.44. The lowest BCUT2D eigenvalue weighted by Crippen LogP contribution is -2.03. The van der Waals surface area contributed by atoms with Crippen LogP contribution < -0.4 is 0 Å². The minimum atomic E-state index is -3.33. The Labute approximate surface area is 77.2 Å². The molecule has 0 heterocycles. The van der Waals surface area contributed by atoms with Crippen molar-refractivity contribution in [3.63, 3.8) is 0 Å². The fourth-order valence-corrected chi connectivity index (χ4v) is 1.66. The van der Waals surface area contributed by atoms with Crippen LogP contribution in [0.3, 0.4) is 0 Å². The third-order valence-corrected chi connectivity index (χ3v) is 3.34. The Morgan fingerprint density at radius 2 is 1.77 bits per heavy atom. The van der Waals surface area contributed by atoms with Crippen molar-refractivity contribution in [3.05, 3.63) is 11.9 Å². The fraction of sp³-hybridized carbons (Fsp3) is 0.571. The zero-order chi connectivity index (χ0) is 10.5. The van der Waals surface area contributed by atoms with E-state index in [1.165, 1.54) is 21.3 Å². The standard InChI is InChI=1S/C7H13O5P/c1-6(5-7(8)10-2)13(9,11-3)12-4/h1,5H2,2-4H3. The SMILES string of the molecule is C=C(CC(=O)OC)P(=O)(OC)OC. The normalized spacial score (nSPS) is 11.0. The third-order valence-electron chi connectivity index (χ3n) is 1.44. The highest BCUT2D eigenvalue weighted by Gasteiger charge is 2.27. The fourth-order valence-electron chi connectivity index (χ4n) is 0.668. The first-order chi connectivity index (χ1) is 6.00. The molecule has 0 spiro atoms. The first kappa shape index (κ1) is 12.4. The number of hydrogen-bond acceptors (Lipinski definition) is 5. The monoisotopic (exact) mass is 208 g/mol.